The van der Waals surface area contributed by atoms with E-state index in [9.17, 15) is 8.78 Å². The minimum absolute atomic E-state index is 0.277. The van der Waals surface area contributed by atoms with Gasteiger partial charge < -0.3 is 4.11 Å². The highest BCUT2D eigenvalue weighted by Gasteiger charge is 2.34. The molecule has 0 aromatic carbocycles. The highest BCUT2D eigenvalue weighted by Crippen LogP contribution is 2.33. The maximum atomic E-state index is 16.0. The van der Waals surface area contributed by atoms with Gasteiger partial charge in [0.25, 0.3) is 0 Å². The molecule has 0 amide bonds. The fourth-order valence-corrected chi connectivity index (χ4v) is 10.7. The first-order valence-corrected chi connectivity index (χ1v) is 18.4. The molecule has 188 valence electrons. The summed E-state index contributed by atoms with van der Waals surface area (Å²) >= 11 is 0. The third kappa shape index (κ3) is 20.6. The van der Waals surface area contributed by atoms with Gasteiger partial charge in [-0.2, -0.15) is 0 Å². The van der Waals surface area contributed by atoms with Crippen LogP contribution in [0, 0.1) is 5.92 Å². The van der Waals surface area contributed by atoms with Gasteiger partial charge in [-0.05, 0) is 42.9 Å². The number of hydrogen-bond acceptors (Lipinski definition) is 0. The predicted octanol–water partition coefficient (Wildman–Crippen LogP) is 9.74. The van der Waals surface area contributed by atoms with Crippen LogP contribution in [-0.2, 0) is 0 Å². The summed E-state index contributed by atoms with van der Waals surface area (Å²) < 4.78 is 42.0. The average Bonchev–Trinajstić information content (AvgIpc) is 2.74. The van der Waals surface area contributed by atoms with Crippen LogP contribution in [0.3, 0.4) is 0 Å². The van der Waals surface area contributed by atoms with Crippen LogP contribution in [-0.4, -0.2) is 30.8 Å². The first-order chi connectivity index (χ1) is 15.0. The quantitative estimate of drug-likeness (QED) is 0.0732. The number of hydrogen-bond donors (Lipinski definition) is 0. The summed E-state index contributed by atoms with van der Waals surface area (Å²) in [7, 11) is -3.01. The van der Waals surface area contributed by atoms with Gasteiger partial charge in [-0.25, -0.2) is 4.39 Å². The number of rotatable bonds is 24. The lowest BCUT2D eigenvalue weighted by Crippen LogP contribution is -2.30. The fourth-order valence-electron chi connectivity index (χ4n) is 4.79. The maximum Gasteiger partial charge on any atom is 0.247 e. The molecule has 0 bridgehead atoms. The Bertz CT molecular complexity index is 355. The Hall–Kier alpha value is 0.224. The summed E-state index contributed by atoms with van der Waals surface area (Å²) in [5.74, 6) is 0.470. The minimum atomic E-state index is -2.63. The molecule has 0 aliphatic carbocycles. The SMILES string of the molecule is CCCCCCC[Si](F)(CCCCCCC)CC(C)CC[SiH2]CC(F)CCCCCF. The zero-order chi connectivity index (χ0) is 23.2. The maximum absolute atomic E-state index is 16.0. The molecule has 0 fully saturated rings. The van der Waals surface area contributed by atoms with Crippen LogP contribution in [0.4, 0.5) is 12.9 Å². The lowest BCUT2D eigenvalue weighted by Gasteiger charge is -2.26. The summed E-state index contributed by atoms with van der Waals surface area (Å²) in [5, 5.41) is 0. The number of unbranched alkanes of at least 4 members (excludes halogenated alkanes) is 10. The molecule has 0 aromatic heterocycles. The molecule has 0 aliphatic heterocycles. The van der Waals surface area contributed by atoms with Crippen LogP contribution in [0.1, 0.15) is 117 Å². The summed E-state index contributed by atoms with van der Waals surface area (Å²) in [5.41, 5.74) is 0. The van der Waals surface area contributed by atoms with Gasteiger partial charge in [0.1, 0.15) is 0 Å². The van der Waals surface area contributed by atoms with Crippen LogP contribution < -0.4 is 0 Å². The molecule has 0 spiro atoms. The smallest absolute Gasteiger partial charge is 0.247 e. The fraction of sp³-hybridized carbons (Fsp3) is 1.00. The minimum Gasteiger partial charge on any atom is -0.314 e. The van der Waals surface area contributed by atoms with E-state index in [1.165, 1.54) is 51.4 Å². The van der Waals surface area contributed by atoms with Gasteiger partial charge >= 0.3 is 0 Å². The summed E-state index contributed by atoms with van der Waals surface area (Å²) in [4.78, 5) is 0. The number of alkyl halides is 2. The zero-order valence-corrected chi connectivity index (χ0v) is 23.8. The van der Waals surface area contributed by atoms with Crippen molar-refractivity contribution in [2.45, 2.75) is 153 Å². The largest absolute Gasteiger partial charge is 0.314 e. The van der Waals surface area contributed by atoms with Gasteiger partial charge in [0.2, 0.25) is 8.41 Å². The third-order valence-corrected chi connectivity index (χ3v) is 12.7. The molecular formula is C26H55F3Si2. The molecule has 0 rings (SSSR count). The molecule has 0 nitrogen and oxygen atoms in total. The molecule has 31 heavy (non-hydrogen) atoms. The van der Waals surface area contributed by atoms with Crippen LogP contribution in [0.5, 0.6) is 0 Å². The molecule has 0 radical (unpaired) electrons. The summed E-state index contributed by atoms with van der Waals surface area (Å²) in [6.45, 7) is 6.43. The summed E-state index contributed by atoms with van der Waals surface area (Å²) in [6, 6.07) is 4.50. The number of halogens is 3. The van der Waals surface area contributed by atoms with Crippen molar-refractivity contribution in [3.8, 4) is 0 Å². The Labute approximate surface area is 196 Å². The van der Waals surface area contributed by atoms with Crippen molar-refractivity contribution < 1.29 is 12.9 Å². The van der Waals surface area contributed by atoms with Crippen LogP contribution in [0.15, 0.2) is 0 Å². The Kier molecular flexibility index (Phi) is 22.2. The van der Waals surface area contributed by atoms with E-state index in [0.717, 1.165) is 62.3 Å². The molecule has 0 aliphatic rings. The van der Waals surface area contributed by atoms with Gasteiger partial charge in [0, 0.05) is 9.52 Å². The normalized spacial score (nSPS) is 14.5. The lowest BCUT2D eigenvalue weighted by molar-refractivity contribution is 0.325. The Morgan fingerprint density at radius 3 is 1.84 bits per heavy atom. The second-order valence-electron chi connectivity index (χ2n) is 10.2. The molecule has 0 N–H and O–H groups in total. The van der Waals surface area contributed by atoms with E-state index in [0.29, 0.717) is 18.8 Å². The first-order valence-electron chi connectivity index (χ1n) is 13.9. The predicted molar refractivity (Wildman–Crippen MR) is 140 cm³/mol. The van der Waals surface area contributed by atoms with E-state index in [1.807, 2.05) is 0 Å². The standard InChI is InChI=1S/C26H55F3Si2/c1-4-6-8-10-15-21-31(29,22-16-11-9-7-5-2)24-25(3)18-20-30-23-26(28)17-13-12-14-19-27/h25-26H,4-24,30H2,1-3H3. The Morgan fingerprint density at radius 1 is 0.742 bits per heavy atom. The van der Waals surface area contributed by atoms with Gasteiger partial charge in [-0.3, -0.25) is 4.39 Å². The van der Waals surface area contributed by atoms with Crippen molar-refractivity contribution in [2.24, 2.45) is 5.92 Å². The lowest BCUT2D eigenvalue weighted by atomic mass is 10.1. The first kappa shape index (κ1) is 31.2. The van der Waals surface area contributed by atoms with E-state index >= 15 is 4.11 Å². The van der Waals surface area contributed by atoms with Crippen molar-refractivity contribution in [3.05, 3.63) is 0 Å². The molecule has 2 unspecified atom stereocenters. The molecule has 0 saturated carbocycles. The molecule has 5 heteroatoms. The van der Waals surface area contributed by atoms with Gasteiger partial charge in [0.15, 0.2) is 0 Å². The molecule has 0 saturated heterocycles. The van der Waals surface area contributed by atoms with E-state index in [4.69, 9.17) is 0 Å². The average molecular weight is 481 g/mol. The van der Waals surface area contributed by atoms with E-state index in [1.54, 1.807) is 0 Å². The highest BCUT2D eigenvalue weighted by atomic mass is 28.4. The van der Waals surface area contributed by atoms with Crippen LogP contribution >= 0.6 is 0 Å². The van der Waals surface area contributed by atoms with Gasteiger partial charge in [-0.1, -0.05) is 110 Å². The molecular weight excluding hydrogens is 425 g/mol. The van der Waals surface area contributed by atoms with Crippen LogP contribution in [0.2, 0.25) is 30.2 Å². The molecule has 0 aromatic rings. The van der Waals surface area contributed by atoms with Crippen molar-refractivity contribution in [1.82, 2.24) is 0 Å². The topological polar surface area (TPSA) is 0 Å². The van der Waals surface area contributed by atoms with Crippen molar-refractivity contribution in [3.63, 3.8) is 0 Å². The van der Waals surface area contributed by atoms with Gasteiger partial charge in [-0.15, -0.1) is 0 Å². The van der Waals surface area contributed by atoms with Crippen LogP contribution in [0.25, 0.3) is 0 Å². The summed E-state index contributed by atoms with van der Waals surface area (Å²) in [6.07, 6.45) is 15.4. The molecule has 2 atom stereocenters. The van der Waals surface area contributed by atoms with Crippen molar-refractivity contribution in [1.29, 1.82) is 0 Å². The second kappa shape index (κ2) is 22.0. The zero-order valence-electron chi connectivity index (χ0n) is 21.3. The third-order valence-electron chi connectivity index (χ3n) is 6.79. The van der Waals surface area contributed by atoms with E-state index in [2.05, 4.69) is 20.8 Å². The van der Waals surface area contributed by atoms with E-state index < -0.39 is 14.6 Å². The Balaban J connectivity index is 4.19. The Morgan fingerprint density at radius 2 is 1.29 bits per heavy atom. The monoisotopic (exact) mass is 480 g/mol. The van der Waals surface area contributed by atoms with Crippen molar-refractivity contribution in [2.75, 3.05) is 6.67 Å². The van der Waals surface area contributed by atoms with E-state index in [-0.39, 0.29) is 16.2 Å². The van der Waals surface area contributed by atoms with Crippen molar-refractivity contribution >= 4 is 17.9 Å². The molecule has 0 heterocycles. The highest BCUT2D eigenvalue weighted by molar-refractivity contribution is 6.73. The van der Waals surface area contributed by atoms with Gasteiger partial charge in [0.05, 0.1) is 12.8 Å². The second-order valence-corrected chi connectivity index (χ2v) is 15.9.